The number of anilines is 1. The van der Waals surface area contributed by atoms with E-state index in [1.165, 1.54) is 24.8 Å². The monoisotopic (exact) mass is 576 g/mol. The molecule has 8 nitrogen and oxygen atoms in total. The second-order valence-corrected chi connectivity index (χ2v) is 13.7. The Morgan fingerprint density at radius 2 is 1.79 bits per heavy atom. The summed E-state index contributed by atoms with van der Waals surface area (Å²) in [4.78, 5) is 46.3. The largest absolute Gasteiger partial charge is 0.359 e. The van der Waals surface area contributed by atoms with Crippen LogP contribution in [-0.2, 0) is 19.1 Å². The number of carbonyl (C=O) groups is 3. The summed E-state index contributed by atoms with van der Waals surface area (Å²) < 4.78 is 6.53. The molecule has 1 aliphatic carbocycles. The molecule has 42 heavy (non-hydrogen) atoms. The van der Waals surface area contributed by atoms with Gasteiger partial charge in [0, 0.05) is 24.8 Å². The van der Waals surface area contributed by atoms with E-state index >= 15 is 0 Å². The molecule has 1 spiro atoms. The average Bonchev–Trinajstić information content (AvgIpc) is 3.61. The van der Waals surface area contributed by atoms with Gasteiger partial charge in [-0.3, -0.25) is 14.4 Å². The predicted molar refractivity (Wildman–Crippen MR) is 163 cm³/mol. The molecule has 0 aromatic heterocycles. The number of ether oxygens (including phenoxy) is 1. The highest BCUT2D eigenvalue weighted by atomic mass is 16.5. The third kappa shape index (κ3) is 5.52. The van der Waals surface area contributed by atoms with Crippen LogP contribution in [0.4, 0.5) is 5.69 Å². The van der Waals surface area contributed by atoms with E-state index in [-0.39, 0.29) is 23.8 Å². The summed E-state index contributed by atoms with van der Waals surface area (Å²) >= 11 is 0. The van der Waals surface area contributed by atoms with E-state index < -0.39 is 29.6 Å². The van der Waals surface area contributed by atoms with E-state index in [1.54, 1.807) is 4.90 Å². The smallest absolute Gasteiger partial charge is 0.246 e. The number of hydrogen-bond donors (Lipinski definition) is 2. The van der Waals surface area contributed by atoms with Crippen molar-refractivity contribution in [3.8, 4) is 0 Å². The van der Waals surface area contributed by atoms with Gasteiger partial charge < -0.3 is 25.2 Å². The highest BCUT2D eigenvalue weighted by Gasteiger charge is 2.72. The molecule has 1 aromatic rings. The second kappa shape index (κ2) is 12.1. The minimum atomic E-state index is -1.11. The molecular formula is C34H48N4O4. The first-order valence-electron chi connectivity index (χ1n) is 16.4. The van der Waals surface area contributed by atoms with Crippen LogP contribution in [0.3, 0.4) is 0 Å². The molecule has 3 amide bonds. The number of rotatable bonds is 9. The number of likely N-dealkylation sites (tertiary alicyclic amines) is 2. The van der Waals surface area contributed by atoms with Crippen LogP contribution in [0.25, 0.3) is 0 Å². The van der Waals surface area contributed by atoms with Crippen molar-refractivity contribution in [2.45, 2.75) is 102 Å². The Bertz CT molecular complexity index is 1190. The maximum absolute atomic E-state index is 14.2. The van der Waals surface area contributed by atoms with Crippen LogP contribution >= 0.6 is 0 Å². The summed E-state index contributed by atoms with van der Waals surface area (Å²) in [5, 5.41) is 6.34. The van der Waals surface area contributed by atoms with E-state index in [0.717, 1.165) is 51.7 Å². The van der Waals surface area contributed by atoms with Gasteiger partial charge in [-0.25, -0.2) is 0 Å². The molecule has 4 aliphatic heterocycles. The lowest BCUT2D eigenvalue weighted by molar-refractivity contribution is -0.141. The number of carbonyl (C=O) groups excluding carboxylic acids is 3. The van der Waals surface area contributed by atoms with Gasteiger partial charge in [0.2, 0.25) is 17.7 Å². The maximum Gasteiger partial charge on any atom is 0.246 e. The molecule has 2 N–H and O–H groups in total. The Labute approximate surface area is 250 Å². The van der Waals surface area contributed by atoms with Crippen molar-refractivity contribution in [1.29, 1.82) is 0 Å². The second-order valence-electron chi connectivity index (χ2n) is 13.7. The third-order valence-corrected chi connectivity index (χ3v) is 10.3. The van der Waals surface area contributed by atoms with Gasteiger partial charge in [-0.2, -0.15) is 0 Å². The summed E-state index contributed by atoms with van der Waals surface area (Å²) in [6, 6.07) is 7.24. The predicted octanol–water partition coefficient (Wildman–Crippen LogP) is 4.47. The summed E-state index contributed by atoms with van der Waals surface area (Å²) in [5.74, 6) is -0.791. The molecule has 6 atom stereocenters. The van der Waals surface area contributed by atoms with E-state index in [1.807, 2.05) is 36.4 Å². The SMILES string of the molecule is CC(C)c1ccc(NC(=O)[C@H]2[C@@H]3C=C[C@]4(O3)[C@@H]2C(=O)N(CCCN2CCC[C@@H](C)C2)[C@H]4C(=O)NC2CCCCC2)cc1. The first-order chi connectivity index (χ1) is 20.3. The van der Waals surface area contributed by atoms with Gasteiger partial charge in [-0.15, -0.1) is 0 Å². The topological polar surface area (TPSA) is 91.0 Å². The van der Waals surface area contributed by atoms with E-state index in [4.69, 9.17) is 4.74 Å². The van der Waals surface area contributed by atoms with Crippen molar-refractivity contribution in [1.82, 2.24) is 15.1 Å². The lowest BCUT2D eigenvalue weighted by atomic mass is 9.74. The van der Waals surface area contributed by atoms with Gasteiger partial charge in [0.25, 0.3) is 0 Å². The molecule has 6 rings (SSSR count). The molecule has 2 bridgehead atoms. The lowest BCUT2D eigenvalue weighted by Crippen LogP contribution is -2.56. The fourth-order valence-corrected chi connectivity index (χ4v) is 8.17. The Kier molecular flexibility index (Phi) is 8.47. The zero-order valence-corrected chi connectivity index (χ0v) is 25.5. The molecular weight excluding hydrogens is 528 g/mol. The molecule has 3 saturated heterocycles. The van der Waals surface area contributed by atoms with Gasteiger partial charge >= 0.3 is 0 Å². The molecule has 228 valence electrons. The normalized spacial score (nSPS) is 32.9. The fourth-order valence-electron chi connectivity index (χ4n) is 8.17. The standard InChI is InChI=1S/C34H48N4O4/c1-22(2)24-12-14-26(15-13-24)35-31(39)28-27-16-17-34(42-27)29(28)33(41)38(20-8-19-37-18-7-9-23(3)21-37)30(34)32(40)36-25-10-5-4-6-11-25/h12-17,22-23,25,27-30H,4-11,18-21H2,1-3H3,(H,35,39)(H,36,40)/t23-,27+,28+,29+,30+,34+/m1/s1. The number of amides is 3. The lowest BCUT2D eigenvalue weighted by Gasteiger charge is -2.35. The third-order valence-electron chi connectivity index (χ3n) is 10.3. The van der Waals surface area contributed by atoms with Crippen LogP contribution in [0.15, 0.2) is 36.4 Å². The van der Waals surface area contributed by atoms with Crippen LogP contribution in [0.5, 0.6) is 0 Å². The average molecular weight is 577 g/mol. The zero-order valence-electron chi connectivity index (χ0n) is 25.5. The number of hydrogen-bond acceptors (Lipinski definition) is 5. The molecule has 5 aliphatic rings. The quantitative estimate of drug-likeness (QED) is 0.424. The number of piperidine rings is 1. The van der Waals surface area contributed by atoms with Crippen molar-refractivity contribution in [2.24, 2.45) is 17.8 Å². The highest BCUT2D eigenvalue weighted by molar-refractivity contribution is 6.02. The van der Waals surface area contributed by atoms with Crippen molar-refractivity contribution in [2.75, 3.05) is 31.5 Å². The van der Waals surface area contributed by atoms with Crippen molar-refractivity contribution < 1.29 is 19.1 Å². The Morgan fingerprint density at radius 3 is 2.50 bits per heavy atom. The van der Waals surface area contributed by atoms with Crippen LogP contribution in [-0.4, -0.2) is 77.5 Å². The summed E-state index contributed by atoms with van der Waals surface area (Å²) in [5.41, 5.74) is 0.796. The molecule has 4 heterocycles. The molecule has 1 aromatic carbocycles. The van der Waals surface area contributed by atoms with E-state index in [2.05, 4.69) is 36.3 Å². The van der Waals surface area contributed by atoms with Crippen molar-refractivity contribution >= 4 is 23.4 Å². The van der Waals surface area contributed by atoms with Gasteiger partial charge in [0.05, 0.1) is 17.9 Å². The number of fused-ring (bicyclic) bond motifs is 1. The fraction of sp³-hybridized carbons (Fsp3) is 0.676. The molecule has 0 unspecified atom stereocenters. The highest BCUT2D eigenvalue weighted by Crippen LogP contribution is 2.55. The van der Waals surface area contributed by atoms with E-state index in [0.29, 0.717) is 24.1 Å². The van der Waals surface area contributed by atoms with Crippen molar-refractivity contribution in [3.63, 3.8) is 0 Å². The Morgan fingerprint density at radius 1 is 1.02 bits per heavy atom. The van der Waals surface area contributed by atoms with Crippen LogP contribution < -0.4 is 10.6 Å². The van der Waals surface area contributed by atoms with Gasteiger partial charge in [0.15, 0.2) is 0 Å². The minimum absolute atomic E-state index is 0.129. The van der Waals surface area contributed by atoms with E-state index in [9.17, 15) is 14.4 Å². The Balaban J connectivity index is 1.22. The van der Waals surface area contributed by atoms with Gasteiger partial charge in [-0.1, -0.05) is 64.3 Å². The van der Waals surface area contributed by atoms with Crippen LogP contribution in [0.2, 0.25) is 0 Å². The molecule has 8 heteroatoms. The van der Waals surface area contributed by atoms with Crippen LogP contribution in [0, 0.1) is 17.8 Å². The van der Waals surface area contributed by atoms with Crippen molar-refractivity contribution in [3.05, 3.63) is 42.0 Å². The van der Waals surface area contributed by atoms with Gasteiger partial charge in [-0.05, 0) is 74.7 Å². The number of nitrogens with zero attached hydrogens (tertiary/aromatic N) is 2. The summed E-state index contributed by atoms with van der Waals surface area (Å²) in [7, 11) is 0. The minimum Gasteiger partial charge on any atom is -0.359 e. The number of benzene rings is 1. The maximum atomic E-state index is 14.2. The first kappa shape index (κ1) is 29.4. The molecule has 0 radical (unpaired) electrons. The molecule has 4 fully saturated rings. The zero-order chi connectivity index (χ0) is 29.4. The van der Waals surface area contributed by atoms with Crippen LogP contribution in [0.1, 0.15) is 83.6 Å². The van der Waals surface area contributed by atoms with Gasteiger partial charge in [0.1, 0.15) is 11.6 Å². The summed E-state index contributed by atoms with van der Waals surface area (Å²) in [6.07, 6.45) is 11.9. The first-order valence-corrected chi connectivity index (χ1v) is 16.4. The Hall–Kier alpha value is -2.71. The molecule has 1 saturated carbocycles. The number of nitrogens with one attached hydrogen (secondary N) is 2. The summed E-state index contributed by atoms with van der Waals surface area (Å²) in [6.45, 7) is 10.1.